The van der Waals surface area contributed by atoms with Gasteiger partial charge in [0.2, 0.25) is 5.91 Å². The Kier molecular flexibility index (Phi) is 13.1. The number of carbonyl (C=O) groups excluding carboxylic acids is 3. The van der Waals surface area contributed by atoms with Gasteiger partial charge >= 0.3 is 11.9 Å². The summed E-state index contributed by atoms with van der Waals surface area (Å²) in [5.41, 5.74) is 0. The van der Waals surface area contributed by atoms with Gasteiger partial charge in [0.1, 0.15) is 6.61 Å². The van der Waals surface area contributed by atoms with Crippen LogP contribution in [-0.2, 0) is 23.9 Å². The second-order valence-corrected chi connectivity index (χ2v) is 6.37. The average Bonchev–Trinajstić information content (AvgIpc) is 2.47. The Bertz CT molecular complexity index is 349. The summed E-state index contributed by atoms with van der Waals surface area (Å²) in [5.74, 6) is 0.477. The first-order valence-corrected chi connectivity index (χ1v) is 9.04. The monoisotopic (exact) mass is 335 g/mol. The first-order chi connectivity index (χ1) is 10.1. The molecule has 0 aromatic carbocycles. The van der Waals surface area contributed by atoms with E-state index in [0.717, 1.165) is 6.08 Å². The average molecular weight is 335 g/mol. The van der Waals surface area contributed by atoms with Crippen LogP contribution in [0.25, 0.3) is 0 Å². The lowest BCUT2D eigenvalue weighted by Gasteiger charge is -2.05. The highest BCUT2D eigenvalue weighted by molar-refractivity contribution is 8.76. The van der Waals surface area contributed by atoms with Crippen molar-refractivity contribution in [2.75, 3.05) is 31.3 Å². The summed E-state index contributed by atoms with van der Waals surface area (Å²) in [6.07, 6.45) is 1.83. The summed E-state index contributed by atoms with van der Waals surface area (Å²) in [4.78, 5) is 33.2. The van der Waals surface area contributed by atoms with Gasteiger partial charge in [-0.15, -0.1) is 0 Å². The number of hydrogen-bond donors (Lipinski definition) is 1. The van der Waals surface area contributed by atoms with Gasteiger partial charge in [0.05, 0.1) is 26.0 Å². The van der Waals surface area contributed by atoms with Crippen molar-refractivity contribution in [1.82, 2.24) is 5.32 Å². The van der Waals surface area contributed by atoms with Crippen molar-refractivity contribution in [1.29, 1.82) is 0 Å². The van der Waals surface area contributed by atoms with Gasteiger partial charge in [0.25, 0.3) is 0 Å². The van der Waals surface area contributed by atoms with E-state index >= 15 is 0 Å². The number of rotatable bonds is 12. The molecule has 0 aliphatic carbocycles. The van der Waals surface area contributed by atoms with Gasteiger partial charge in [0.15, 0.2) is 0 Å². The zero-order valence-corrected chi connectivity index (χ0v) is 13.7. The van der Waals surface area contributed by atoms with Crippen molar-refractivity contribution in [3.63, 3.8) is 0 Å². The number of hydrogen-bond acceptors (Lipinski definition) is 7. The molecule has 1 amide bonds. The van der Waals surface area contributed by atoms with Gasteiger partial charge in [-0.3, -0.25) is 14.4 Å². The van der Waals surface area contributed by atoms with Crippen molar-refractivity contribution in [2.24, 2.45) is 0 Å². The van der Waals surface area contributed by atoms with Gasteiger partial charge in [-0.1, -0.05) is 28.2 Å². The maximum Gasteiger partial charge on any atom is 0.306 e. The molecule has 0 bridgehead atoms. The van der Waals surface area contributed by atoms with E-state index in [9.17, 15) is 14.4 Å². The highest BCUT2D eigenvalue weighted by Gasteiger charge is 2.05. The van der Waals surface area contributed by atoms with Crippen molar-refractivity contribution in [3.05, 3.63) is 12.7 Å². The molecule has 0 radical (unpaired) electrons. The molecule has 0 fully saturated rings. The van der Waals surface area contributed by atoms with E-state index in [1.54, 1.807) is 6.92 Å². The summed E-state index contributed by atoms with van der Waals surface area (Å²) in [6.45, 7) is 5.91. The van der Waals surface area contributed by atoms with Crippen LogP contribution in [0.2, 0.25) is 0 Å². The molecular formula is C13H21NO5S2. The fourth-order valence-corrected chi connectivity index (χ4v) is 3.03. The highest BCUT2D eigenvalue weighted by Crippen LogP contribution is 2.22. The largest absolute Gasteiger partial charge is 0.466 e. The van der Waals surface area contributed by atoms with Gasteiger partial charge < -0.3 is 14.8 Å². The number of esters is 2. The van der Waals surface area contributed by atoms with Crippen LogP contribution in [0, 0.1) is 0 Å². The Morgan fingerprint density at radius 2 is 1.67 bits per heavy atom. The standard InChI is InChI=1S/C13H21NO5S2/c1-3-11(15)14-7-8-19-13(17)6-10-21-20-9-5-12(16)18-4-2/h3H,1,4-10H2,2H3,(H,14,15). The van der Waals surface area contributed by atoms with E-state index < -0.39 is 0 Å². The SMILES string of the molecule is C=CC(=O)NCCOC(=O)CCSSCCC(=O)OCC. The van der Waals surface area contributed by atoms with E-state index in [4.69, 9.17) is 9.47 Å². The molecule has 0 aromatic rings. The van der Waals surface area contributed by atoms with E-state index in [1.165, 1.54) is 21.6 Å². The van der Waals surface area contributed by atoms with Crippen molar-refractivity contribution in [3.8, 4) is 0 Å². The van der Waals surface area contributed by atoms with Gasteiger partial charge in [0, 0.05) is 11.5 Å². The van der Waals surface area contributed by atoms with Crippen LogP contribution < -0.4 is 5.32 Å². The molecule has 0 saturated carbocycles. The van der Waals surface area contributed by atoms with E-state index in [1.807, 2.05) is 0 Å². The molecule has 0 spiro atoms. The molecule has 0 aliphatic rings. The summed E-state index contributed by atoms with van der Waals surface area (Å²) in [5, 5.41) is 2.51. The van der Waals surface area contributed by atoms with E-state index in [-0.39, 0.29) is 31.0 Å². The van der Waals surface area contributed by atoms with Crippen LogP contribution in [0.1, 0.15) is 19.8 Å². The van der Waals surface area contributed by atoms with Gasteiger partial charge in [-0.25, -0.2) is 0 Å². The third kappa shape index (κ3) is 13.6. The first-order valence-electron chi connectivity index (χ1n) is 6.56. The minimum Gasteiger partial charge on any atom is -0.466 e. The van der Waals surface area contributed by atoms with Crippen LogP contribution in [0.4, 0.5) is 0 Å². The number of ether oxygens (including phenoxy) is 2. The van der Waals surface area contributed by atoms with Crippen LogP contribution in [0.5, 0.6) is 0 Å². The molecule has 0 heterocycles. The third-order valence-corrected chi connectivity index (χ3v) is 4.43. The van der Waals surface area contributed by atoms with Crippen LogP contribution in [0.15, 0.2) is 12.7 Å². The Hall–Kier alpha value is -1.15. The summed E-state index contributed by atoms with van der Waals surface area (Å²) >= 11 is 0. The summed E-state index contributed by atoms with van der Waals surface area (Å²) in [7, 11) is 3.04. The maximum atomic E-state index is 11.3. The lowest BCUT2D eigenvalue weighted by molar-refractivity contribution is -0.143. The maximum absolute atomic E-state index is 11.3. The topological polar surface area (TPSA) is 81.7 Å². The minimum absolute atomic E-state index is 0.152. The second-order valence-electron chi connectivity index (χ2n) is 3.66. The van der Waals surface area contributed by atoms with Crippen LogP contribution in [-0.4, -0.2) is 49.1 Å². The molecule has 0 aromatic heterocycles. The summed E-state index contributed by atoms with van der Waals surface area (Å²) in [6, 6.07) is 0. The molecule has 0 rings (SSSR count). The molecule has 0 unspecified atom stereocenters. The minimum atomic E-state index is -0.304. The molecule has 120 valence electrons. The van der Waals surface area contributed by atoms with E-state index in [0.29, 0.717) is 31.0 Å². The summed E-state index contributed by atoms with van der Waals surface area (Å²) < 4.78 is 9.72. The normalized spacial score (nSPS) is 9.76. The second kappa shape index (κ2) is 13.8. The molecule has 0 aliphatic heterocycles. The molecule has 0 saturated heterocycles. The van der Waals surface area contributed by atoms with Gasteiger partial charge in [-0.2, -0.15) is 0 Å². The Labute approximate surface area is 132 Å². The smallest absolute Gasteiger partial charge is 0.306 e. The molecule has 0 atom stereocenters. The van der Waals surface area contributed by atoms with Crippen molar-refractivity contribution < 1.29 is 23.9 Å². The third-order valence-electron chi connectivity index (χ3n) is 2.02. The fraction of sp³-hybridized carbons (Fsp3) is 0.615. The molecule has 6 nitrogen and oxygen atoms in total. The fourth-order valence-electron chi connectivity index (χ4n) is 1.08. The molecule has 8 heteroatoms. The Balaban J connectivity index is 3.36. The lowest BCUT2D eigenvalue weighted by Crippen LogP contribution is -2.26. The Morgan fingerprint density at radius 1 is 1.10 bits per heavy atom. The molecule has 1 N–H and O–H groups in total. The van der Waals surface area contributed by atoms with Crippen LogP contribution >= 0.6 is 21.6 Å². The van der Waals surface area contributed by atoms with Gasteiger partial charge in [-0.05, 0) is 13.0 Å². The van der Waals surface area contributed by atoms with E-state index in [2.05, 4.69) is 11.9 Å². The van der Waals surface area contributed by atoms with Crippen molar-refractivity contribution in [2.45, 2.75) is 19.8 Å². The molecule has 21 heavy (non-hydrogen) atoms. The quantitative estimate of drug-likeness (QED) is 0.251. The zero-order chi connectivity index (χ0) is 15.9. The zero-order valence-electron chi connectivity index (χ0n) is 12.1. The number of amides is 1. The van der Waals surface area contributed by atoms with Crippen LogP contribution in [0.3, 0.4) is 0 Å². The highest BCUT2D eigenvalue weighted by atomic mass is 33.1. The number of nitrogens with one attached hydrogen (secondary N) is 1. The lowest BCUT2D eigenvalue weighted by atomic mass is 10.5. The first kappa shape index (κ1) is 19.9. The molecular weight excluding hydrogens is 314 g/mol. The number of carbonyl (C=O) groups is 3. The Morgan fingerprint density at radius 3 is 2.19 bits per heavy atom. The predicted molar refractivity (Wildman–Crippen MR) is 84.9 cm³/mol. The predicted octanol–water partition coefficient (Wildman–Crippen LogP) is 1.56. The van der Waals surface area contributed by atoms with Crippen molar-refractivity contribution >= 4 is 39.4 Å².